The Kier molecular flexibility index (Phi) is 11.4. The molecular formula is C32H40Cl2N5O4S2+. The molecule has 0 aliphatic carbocycles. The SMILES string of the molecule is CC(=O)N(Sc1nc(-c2cccc([N+](C)(C(=O)OC(C)(C)C)C(=O)[C@H](C)N)c2)cs1)C1CCN(Cc2ccc(Cl)c(Cl)c2)CC1. The van der Waals surface area contributed by atoms with Gasteiger partial charge in [0.2, 0.25) is 5.91 Å². The molecule has 0 spiro atoms. The van der Waals surface area contributed by atoms with E-state index in [-0.39, 0.29) is 11.9 Å². The molecule has 242 valence electrons. The summed E-state index contributed by atoms with van der Waals surface area (Å²) in [7, 11) is 1.50. The van der Waals surface area contributed by atoms with Gasteiger partial charge in [0, 0.05) is 67.6 Å². The van der Waals surface area contributed by atoms with Gasteiger partial charge in [-0.2, -0.15) is 4.79 Å². The summed E-state index contributed by atoms with van der Waals surface area (Å²) in [5, 5.41) is 3.00. The Morgan fingerprint density at radius 2 is 1.84 bits per heavy atom. The Labute approximate surface area is 283 Å². The highest BCUT2D eigenvalue weighted by molar-refractivity contribution is 7.99. The zero-order chi connectivity index (χ0) is 33.1. The van der Waals surface area contributed by atoms with Crippen molar-refractivity contribution in [2.75, 3.05) is 20.1 Å². The zero-order valence-electron chi connectivity index (χ0n) is 26.4. The van der Waals surface area contributed by atoms with Crippen LogP contribution in [0.5, 0.6) is 0 Å². The highest BCUT2D eigenvalue weighted by atomic mass is 35.5. The van der Waals surface area contributed by atoms with E-state index in [0.717, 1.165) is 47.9 Å². The summed E-state index contributed by atoms with van der Waals surface area (Å²) in [6.45, 7) is 10.9. The van der Waals surface area contributed by atoms with Crippen molar-refractivity contribution >= 4 is 70.1 Å². The summed E-state index contributed by atoms with van der Waals surface area (Å²) in [5.74, 6) is -0.516. The Balaban J connectivity index is 1.48. The molecular weight excluding hydrogens is 653 g/mol. The molecule has 1 aliphatic heterocycles. The molecule has 13 heteroatoms. The van der Waals surface area contributed by atoms with Gasteiger partial charge in [-0.05, 0) is 58.2 Å². The number of likely N-dealkylation sites (N-methyl/N-ethyl adjacent to an activating group) is 1. The highest BCUT2D eigenvalue weighted by Gasteiger charge is 2.48. The first-order valence-corrected chi connectivity index (χ1v) is 17.1. The second-order valence-electron chi connectivity index (χ2n) is 12.4. The maximum atomic E-state index is 13.4. The molecule has 2 atom stereocenters. The van der Waals surface area contributed by atoms with Gasteiger partial charge in [-0.1, -0.05) is 41.4 Å². The fourth-order valence-corrected chi connectivity index (χ4v) is 7.37. The highest BCUT2D eigenvalue weighted by Crippen LogP contribution is 2.36. The summed E-state index contributed by atoms with van der Waals surface area (Å²) in [6, 6.07) is 12.0. The number of ether oxygens (including phenoxy) is 1. The number of halogens is 2. The first-order valence-electron chi connectivity index (χ1n) is 14.7. The van der Waals surface area contributed by atoms with E-state index in [1.165, 1.54) is 30.3 Å². The Hall–Kier alpha value is -2.51. The number of benzene rings is 2. The predicted molar refractivity (Wildman–Crippen MR) is 183 cm³/mol. The number of likely N-dealkylation sites (tertiary alicyclic amines) is 1. The number of piperidine rings is 1. The minimum Gasteiger partial charge on any atom is -0.414 e. The van der Waals surface area contributed by atoms with Crippen LogP contribution in [0.15, 0.2) is 52.2 Å². The lowest BCUT2D eigenvalue weighted by molar-refractivity contribution is -0.129. The van der Waals surface area contributed by atoms with E-state index in [9.17, 15) is 14.4 Å². The van der Waals surface area contributed by atoms with Crippen molar-refractivity contribution in [2.24, 2.45) is 5.73 Å². The van der Waals surface area contributed by atoms with E-state index >= 15 is 0 Å². The summed E-state index contributed by atoms with van der Waals surface area (Å²) in [4.78, 5) is 46.6. The Bertz CT molecular complexity index is 1550. The number of amides is 3. The molecule has 9 nitrogen and oxygen atoms in total. The zero-order valence-corrected chi connectivity index (χ0v) is 29.5. The Morgan fingerprint density at radius 3 is 2.44 bits per heavy atom. The average molecular weight is 694 g/mol. The van der Waals surface area contributed by atoms with Gasteiger partial charge in [0.05, 0.1) is 22.8 Å². The molecule has 2 N–H and O–H groups in total. The number of rotatable bonds is 8. The second-order valence-corrected chi connectivity index (χ2v) is 15.2. The summed E-state index contributed by atoms with van der Waals surface area (Å²) in [5.41, 5.74) is 8.10. The van der Waals surface area contributed by atoms with Crippen LogP contribution in [0.1, 0.15) is 53.0 Å². The van der Waals surface area contributed by atoms with E-state index in [1.807, 2.05) is 34.0 Å². The normalized spacial score (nSPS) is 16.6. The Morgan fingerprint density at radius 1 is 1.16 bits per heavy atom. The van der Waals surface area contributed by atoms with Crippen molar-refractivity contribution in [3.05, 3.63) is 63.5 Å². The first-order chi connectivity index (χ1) is 21.1. The van der Waals surface area contributed by atoms with Gasteiger partial charge in [0.15, 0.2) is 10.0 Å². The average Bonchev–Trinajstić information content (AvgIpc) is 3.45. The molecule has 3 amide bonds. The quantitative estimate of drug-likeness (QED) is 0.193. The van der Waals surface area contributed by atoms with Crippen LogP contribution in [0, 0.1) is 0 Å². The van der Waals surface area contributed by atoms with E-state index in [0.29, 0.717) is 21.4 Å². The van der Waals surface area contributed by atoms with Crippen molar-refractivity contribution in [2.45, 2.75) is 76.0 Å². The summed E-state index contributed by atoms with van der Waals surface area (Å²) < 4.78 is 7.45. The number of imide groups is 1. The standard InChI is InChI=1S/C32H40Cl2N5O4S2/c1-20(35)29(41)39(6,31(42)43-32(3,4)5)25-9-7-8-23(17-25)28-19-44-30(36-28)45-38(21(2)40)24-12-14-37(15-13-24)18-22-10-11-26(33)27(34)16-22/h7-11,16-17,19-20,24H,12-15,18,35H2,1-6H3/q+1/t20-,39?/m0/s1. The van der Waals surface area contributed by atoms with Gasteiger partial charge in [-0.3, -0.25) is 14.0 Å². The van der Waals surface area contributed by atoms with Gasteiger partial charge in [0.1, 0.15) is 11.6 Å². The van der Waals surface area contributed by atoms with Crippen LogP contribution in [-0.2, 0) is 20.9 Å². The molecule has 0 radical (unpaired) electrons. The lowest BCUT2D eigenvalue weighted by Crippen LogP contribution is -2.61. The molecule has 1 aliphatic rings. The number of nitrogens with two attached hydrogens (primary N) is 1. The molecule has 2 heterocycles. The van der Waals surface area contributed by atoms with Crippen LogP contribution in [-0.4, -0.2) is 69.9 Å². The number of quaternary nitrogens is 1. The molecule has 1 aromatic heterocycles. The van der Waals surface area contributed by atoms with Crippen LogP contribution in [0.2, 0.25) is 10.0 Å². The van der Waals surface area contributed by atoms with Crippen LogP contribution in [0.3, 0.4) is 0 Å². The minimum atomic E-state index is -0.895. The number of carbonyl (C=O) groups excluding carboxylic acids is 3. The molecule has 1 fully saturated rings. The molecule has 4 rings (SSSR count). The van der Waals surface area contributed by atoms with Gasteiger partial charge in [0.25, 0.3) is 0 Å². The lowest BCUT2D eigenvalue weighted by atomic mass is 10.0. The van der Waals surface area contributed by atoms with Crippen molar-refractivity contribution in [1.29, 1.82) is 0 Å². The van der Waals surface area contributed by atoms with Crippen molar-refractivity contribution < 1.29 is 19.1 Å². The first kappa shape index (κ1) is 35.3. The van der Waals surface area contributed by atoms with E-state index in [4.69, 9.17) is 38.7 Å². The molecule has 2 aromatic carbocycles. The maximum absolute atomic E-state index is 13.4. The van der Waals surface area contributed by atoms with Crippen LogP contribution in [0.4, 0.5) is 10.5 Å². The largest absolute Gasteiger partial charge is 0.529 e. The van der Waals surface area contributed by atoms with Gasteiger partial charge >= 0.3 is 12.0 Å². The lowest BCUT2D eigenvalue weighted by Gasteiger charge is -2.37. The van der Waals surface area contributed by atoms with Gasteiger partial charge in [-0.25, -0.2) is 9.78 Å². The smallest absolute Gasteiger partial charge is 0.414 e. The number of hydrogen-bond donors (Lipinski definition) is 1. The fourth-order valence-electron chi connectivity index (χ4n) is 5.15. The van der Waals surface area contributed by atoms with E-state index in [2.05, 4.69) is 4.90 Å². The van der Waals surface area contributed by atoms with Crippen LogP contribution in [0.25, 0.3) is 11.3 Å². The molecule has 0 bridgehead atoms. The second kappa shape index (κ2) is 14.5. The molecule has 0 saturated carbocycles. The topological polar surface area (TPSA) is 106 Å². The monoisotopic (exact) mass is 692 g/mol. The van der Waals surface area contributed by atoms with Crippen molar-refractivity contribution in [3.8, 4) is 11.3 Å². The third-order valence-corrected chi connectivity index (χ3v) is 10.4. The van der Waals surface area contributed by atoms with Crippen LogP contribution < -0.4 is 10.2 Å². The number of hydrogen-bond acceptors (Lipinski definition) is 9. The van der Waals surface area contributed by atoms with E-state index < -0.39 is 28.1 Å². The number of thiazole rings is 1. The van der Waals surface area contributed by atoms with Gasteiger partial charge in [-0.15, -0.1) is 15.8 Å². The molecule has 45 heavy (non-hydrogen) atoms. The number of carbonyl (C=O) groups is 3. The predicted octanol–water partition coefficient (Wildman–Crippen LogP) is 7.38. The third kappa shape index (κ3) is 8.65. The van der Waals surface area contributed by atoms with Crippen LogP contribution >= 0.6 is 46.5 Å². The molecule has 3 aromatic rings. The van der Waals surface area contributed by atoms with E-state index in [1.54, 1.807) is 52.8 Å². The number of aromatic nitrogens is 1. The summed E-state index contributed by atoms with van der Waals surface area (Å²) >= 11 is 15.0. The molecule has 1 saturated heterocycles. The minimum absolute atomic E-state index is 0.0264. The molecule has 1 unspecified atom stereocenters. The fraction of sp³-hybridized carbons (Fsp3) is 0.438. The van der Waals surface area contributed by atoms with Gasteiger partial charge < -0.3 is 10.5 Å². The third-order valence-electron chi connectivity index (χ3n) is 7.50. The maximum Gasteiger partial charge on any atom is 0.529 e. The van der Waals surface area contributed by atoms with Crippen molar-refractivity contribution in [3.63, 3.8) is 0 Å². The number of nitrogens with zero attached hydrogens (tertiary/aromatic N) is 4. The van der Waals surface area contributed by atoms with Crippen molar-refractivity contribution in [1.82, 2.24) is 18.7 Å². The summed E-state index contributed by atoms with van der Waals surface area (Å²) in [6.07, 6.45) is 0.961.